The van der Waals surface area contributed by atoms with Crippen LogP contribution in [0.1, 0.15) is 30.9 Å². The second-order valence-corrected chi connectivity index (χ2v) is 4.76. The lowest BCUT2D eigenvalue weighted by Gasteiger charge is -2.15. The zero-order valence-corrected chi connectivity index (χ0v) is 11.8. The molecule has 0 aliphatic carbocycles. The summed E-state index contributed by atoms with van der Waals surface area (Å²) in [6.07, 6.45) is 1.52. The number of nitrogens with one attached hydrogen (secondary N) is 1. The third-order valence-corrected chi connectivity index (χ3v) is 2.90. The summed E-state index contributed by atoms with van der Waals surface area (Å²) in [6.45, 7) is 6.25. The molecule has 0 bridgehead atoms. The molecule has 0 spiro atoms. The summed E-state index contributed by atoms with van der Waals surface area (Å²) in [7, 11) is 1.85. The van der Waals surface area contributed by atoms with E-state index in [1.807, 2.05) is 38.2 Å². The molecule has 0 unspecified atom stereocenters. The van der Waals surface area contributed by atoms with Gasteiger partial charge >= 0.3 is 0 Å². The predicted molar refractivity (Wildman–Crippen MR) is 76.9 cm³/mol. The number of aryl methyl sites for hydroxylation is 1. The Balaban J connectivity index is 2.36. The number of nitrogens with zero attached hydrogens (tertiary/aromatic N) is 2. The minimum atomic E-state index is 0.282. The average Bonchev–Trinajstić information content (AvgIpc) is 2.40. The zero-order valence-electron chi connectivity index (χ0n) is 11.8. The van der Waals surface area contributed by atoms with E-state index in [2.05, 4.69) is 29.1 Å². The highest BCUT2D eigenvalue weighted by Gasteiger charge is 2.15. The van der Waals surface area contributed by atoms with Crippen molar-refractivity contribution in [2.45, 2.75) is 26.7 Å². The highest BCUT2D eigenvalue weighted by atomic mass is 16.5. The van der Waals surface area contributed by atoms with Crippen LogP contribution in [0.15, 0.2) is 30.6 Å². The van der Waals surface area contributed by atoms with Crippen LogP contribution in [0, 0.1) is 6.92 Å². The molecule has 1 heterocycles. The van der Waals surface area contributed by atoms with Gasteiger partial charge in [-0.1, -0.05) is 31.5 Å². The van der Waals surface area contributed by atoms with Gasteiger partial charge in [-0.05, 0) is 25.0 Å². The van der Waals surface area contributed by atoms with Gasteiger partial charge in [-0.25, -0.2) is 9.97 Å². The molecule has 1 aromatic heterocycles. The summed E-state index contributed by atoms with van der Waals surface area (Å²) >= 11 is 0. The monoisotopic (exact) mass is 257 g/mol. The molecule has 0 fully saturated rings. The van der Waals surface area contributed by atoms with Crippen molar-refractivity contribution in [3.05, 3.63) is 41.7 Å². The highest BCUT2D eigenvalue weighted by Crippen LogP contribution is 2.32. The van der Waals surface area contributed by atoms with E-state index in [9.17, 15) is 0 Å². The van der Waals surface area contributed by atoms with Gasteiger partial charge in [0.2, 0.25) is 5.88 Å². The summed E-state index contributed by atoms with van der Waals surface area (Å²) in [5.41, 5.74) is 2.20. The summed E-state index contributed by atoms with van der Waals surface area (Å²) in [6, 6.07) is 7.93. The second-order valence-electron chi connectivity index (χ2n) is 4.76. The minimum absolute atomic E-state index is 0.282. The van der Waals surface area contributed by atoms with Crippen LogP contribution in [-0.4, -0.2) is 17.0 Å². The van der Waals surface area contributed by atoms with E-state index in [-0.39, 0.29) is 5.92 Å². The largest absolute Gasteiger partial charge is 0.439 e. The van der Waals surface area contributed by atoms with E-state index in [0.717, 1.165) is 17.1 Å². The van der Waals surface area contributed by atoms with Crippen LogP contribution in [0.4, 0.5) is 5.82 Å². The zero-order chi connectivity index (χ0) is 13.8. The van der Waals surface area contributed by atoms with Crippen LogP contribution in [0.2, 0.25) is 0 Å². The normalized spacial score (nSPS) is 10.6. The van der Waals surface area contributed by atoms with E-state index in [1.54, 1.807) is 0 Å². The molecule has 0 saturated heterocycles. The molecule has 1 aromatic carbocycles. The van der Waals surface area contributed by atoms with Crippen molar-refractivity contribution in [3.8, 4) is 11.6 Å². The maximum absolute atomic E-state index is 5.88. The number of ether oxygens (including phenoxy) is 1. The quantitative estimate of drug-likeness (QED) is 0.906. The van der Waals surface area contributed by atoms with Crippen LogP contribution in [0.3, 0.4) is 0 Å². The van der Waals surface area contributed by atoms with Gasteiger partial charge in [0.25, 0.3) is 0 Å². The molecule has 4 heteroatoms. The summed E-state index contributed by atoms with van der Waals surface area (Å²) in [4.78, 5) is 8.49. The number of benzene rings is 1. The summed E-state index contributed by atoms with van der Waals surface area (Å²) in [5, 5.41) is 3.08. The Morgan fingerprint density at radius 2 is 1.79 bits per heavy atom. The fourth-order valence-corrected chi connectivity index (χ4v) is 1.90. The Morgan fingerprint density at radius 1 is 1.11 bits per heavy atom. The van der Waals surface area contributed by atoms with Crippen molar-refractivity contribution in [2.24, 2.45) is 0 Å². The highest BCUT2D eigenvalue weighted by molar-refractivity contribution is 5.51. The summed E-state index contributed by atoms with van der Waals surface area (Å²) in [5.74, 6) is 2.49. The molecule has 1 N–H and O–H groups in total. The first-order chi connectivity index (χ1) is 9.11. The first-order valence-electron chi connectivity index (χ1n) is 6.39. The first kappa shape index (κ1) is 13.3. The van der Waals surface area contributed by atoms with Gasteiger partial charge in [0.15, 0.2) is 0 Å². The molecule has 2 rings (SSSR count). The van der Waals surface area contributed by atoms with Gasteiger partial charge in [0, 0.05) is 7.05 Å². The van der Waals surface area contributed by atoms with E-state index in [4.69, 9.17) is 4.74 Å². The van der Waals surface area contributed by atoms with Gasteiger partial charge in [0.05, 0.1) is 5.56 Å². The van der Waals surface area contributed by atoms with Crippen molar-refractivity contribution in [2.75, 3.05) is 12.4 Å². The third-order valence-electron chi connectivity index (χ3n) is 2.90. The van der Waals surface area contributed by atoms with Gasteiger partial charge in [-0.15, -0.1) is 0 Å². The smallest absolute Gasteiger partial charge is 0.227 e. The molecule has 0 radical (unpaired) electrons. The Hall–Kier alpha value is -2.10. The maximum atomic E-state index is 5.88. The van der Waals surface area contributed by atoms with Crippen molar-refractivity contribution < 1.29 is 4.74 Å². The van der Waals surface area contributed by atoms with Gasteiger partial charge in [-0.3, -0.25) is 0 Å². The van der Waals surface area contributed by atoms with Crippen molar-refractivity contribution in [1.29, 1.82) is 0 Å². The van der Waals surface area contributed by atoms with Crippen LogP contribution >= 0.6 is 0 Å². The van der Waals surface area contributed by atoms with Gasteiger partial charge < -0.3 is 10.1 Å². The molecule has 2 aromatic rings. The third kappa shape index (κ3) is 3.02. The molecule has 100 valence electrons. The standard InChI is InChI=1S/C15H19N3O/c1-10(2)13-14(16-4)17-9-18-15(13)19-12-7-5-11(3)6-8-12/h5-10H,1-4H3,(H,16,17,18). The van der Waals surface area contributed by atoms with E-state index >= 15 is 0 Å². The molecule has 0 amide bonds. The topological polar surface area (TPSA) is 47.0 Å². The lowest BCUT2D eigenvalue weighted by atomic mass is 10.1. The molecule has 0 aliphatic heterocycles. The molecular weight excluding hydrogens is 238 g/mol. The number of rotatable bonds is 4. The van der Waals surface area contributed by atoms with Crippen molar-refractivity contribution in [3.63, 3.8) is 0 Å². The molecule has 0 saturated carbocycles. The molecule has 0 atom stereocenters. The van der Waals surface area contributed by atoms with E-state index in [1.165, 1.54) is 11.9 Å². The lowest BCUT2D eigenvalue weighted by Crippen LogP contribution is -2.04. The predicted octanol–water partition coefficient (Wildman–Crippen LogP) is 3.74. The lowest BCUT2D eigenvalue weighted by molar-refractivity contribution is 0.451. The van der Waals surface area contributed by atoms with Crippen molar-refractivity contribution in [1.82, 2.24) is 9.97 Å². The number of aromatic nitrogens is 2. The molecule has 0 aliphatic rings. The Morgan fingerprint density at radius 3 is 2.37 bits per heavy atom. The van der Waals surface area contributed by atoms with E-state index < -0.39 is 0 Å². The Kier molecular flexibility index (Phi) is 4.00. The number of hydrogen-bond acceptors (Lipinski definition) is 4. The van der Waals surface area contributed by atoms with Crippen LogP contribution in [-0.2, 0) is 0 Å². The Labute approximate surface area is 113 Å². The van der Waals surface area contributed by atoms with Crippen LogP contribution in [0.25, 0.3) is 0 Å². The Bertz CT molecular complexity index is 550. The van der Waals surface area contributed by atoms with Crippen LogP contribution < -0.4 is 10.1 Å². The van der Waals surface area contributed by atoms with Gasteiger partial charge in [-0.2, -0.15) is 0 Å². The van der Waals surface area contributed by atoms with E-state index in [0.29, 0.717) is 5.88 Å². The van der Waals surface area contributed by atoms with Crippen LogP contribution in [0.5, 0.6) is 11.6 Å². The minimum Gasteiger partial charge on any atom is -0.439 e. The van der Waals surface area contributed by atoms with Gasteiger partial charge in [0.1, 0.15) is 17.9 Å². The molecule has 19 heavy (non-hydrogen) atoms. The molecule has 4 nitrogen and oxygen atoms in total. The van der Waals surface area contributed by atoms with Crippen molar-refractivity contribution >= 4 is 5.82 Å². The SMILES string of the molecule is CNc1ncnc(Oc2ccc(C)cc2)c1C(C)C. The fourth-order valence-electron chi connectivity index (χ4n) is 1.90. The fraction of sp³-hybridized carbons (Fsp3) is 0.333. The second kappa shape index (κ2) is 5.69. The molecular formula is C15H19N3O. The average molecular weight is 257 g/mol. The maximum Gasteiger partial charge on any atom is 0.227 e. The first-order valence-corrected chi connectivity index (χ1v) is 6.39. The number of hydrogen-bond donors (Lipinski definition) is 1. The summed E-state index contributed by atoms with van der Waals surface area (Å²) < 4.78 is 5.88. The number of anilines is 1.